The first-order valence-corrected chi connectivity index (χ1v) is 8.32. The topological polar surface area (TPSA) is 21.3 Å². The molecule has 0 radical (unpaired) electrons. The maximum absolute atomic E-state index is 5.91. The van der Waals surface area contributed by atoms with Gasteiger partial charge in [-0.25, -0.2) is 0 Å². The van der Waals surface area contributed by atoms with Crippen molar-refractivity contribution in [2.45, 2.75) is 64.0 Å². The molecule has 1 N–H and O–H groups in total. The van der Waals surface area contributed by atoms with Crippen LogP contribution in [0.5, 0.6) is 0 Å². The van der Waals surface area contributed by atoms with Gasteiger partial charge in [-0.05, 0) is 68.2 Å². The molecule has 3 rings (SSSR count). The van der Waals surface area contributed by atoms with E-state index >= 15 is 0 Å². The number of hydrogen-bond acceptors (Lipinski definition) is 2. The Morgan fingerprint density at radius 3 is 2.95 bits per heavy atom. The van der Waals surface area contributed by atoms with Crippen LogP contribution in [0.25, 0.3) is 0 Å². The van der Waals surface area contributed by atoms with Crippen LogP contribution in [0, 0.1) is 0 Å². The average molecular weight is 273 g/mol. The van der Waals surface area contributed by atoms with Gasteiger partial charge >= 0.3 is 0 Å². The molecule has 1 aliphatic heterocycles. The molecule has 1 fully saturated rings. The first-order chi connectivity index (χ1) is 9.86. The summed E-state index contributed by atoms with van der Waals surface area (Å²) in [5, 5.41) is 3.70. The van der Waals surface area contributed by atoms with Gasteiger partial charge in [0.05, 0.1) is 6.10 Å². The second-order valence-electron chi connectivity index (χ2n) is 6.27. The molecule has 1 aromatic carbocycles. The summed E-state index contributed by atoms with van der Waals surface area (Å²) < 4.78 is 5.91. The maximum Gasteiger partial charge on any atom is 0.0732 e. The van der Waals surface area contributed by atoms with E-state index in [9.17, 15) is 0 Å². The van der Waals surface area contributed by atoms with Crippen LogP contribution < -0.4 is 5.32 Å². The minimum Gasteiger partial charge on any atom is -0.377 e. The highest BCUT2D eigenvalue weighted by Gasteiger charge is 2.25. The molecule has 1 aliphatic carbocycles. The summed E-state index contributed by atoms with van der Waals surface area (Å²) >= 11 is 0. The number of nitrogens with one attached hydrogen (secondary N) is 1. The van der Waals surface area contributed by atoms with Gasteiger partial charge in [-0.1, -0.05) is 25.1 Å². The maximum atomic E-state index is 5.91. The second-order valence-corrected chi connectivity index (χ2v) is 6.27. The Labute approximate surface area is 122 Å². The van der Waals surface area contributed by atoms with Crippen LogP contribution in [0.3, 0.4) is 0 Å². The Morgan fingerprint density at radius 2 is 2.15 bits per heavy atom. The lowest BCUT2D eigenvalue weighted by Gasteiger charge is -2.24. The summed E-state index contributed by atoms with van der Waals surface area (Å²) in [7, 11) is 0. The zero-order valence-electron chi connectivity index (χ0n) is 12.7. The van der Waals surface area contributed by atoms with Crippen LogP contribution >= 0.6 is 0 Å². The minimum atomic E-state index is 0.412. The van der Waals surface area contributed by atoms with Crippen LogP contribution in [0.4, 0.5) is 0 Å². The summed E-state index contributed by atoms with van der Waals surface area (Å²) in [6.07, 6.45) is 9.03. The lowest BCUT2D eigenvalue weighted by atomic mass is 9.97. The number of hydrogen-bond donors (Lipinski definition) is 1. The molecule has 2 atom stereocenters. The molecular weight excluding hydrogens is 246 g/mol. The van der Waals surface area contributed by atoms with Crippen molar-refractivity contribution >= 4 is 0 Å². The van der Waals surface area contributed by atoms with E-state index in [0.29, 0.717) is 12.1 Å². The van der Waals surface area contributed by atoms with E-state index in [4.69, 9.17) is 4.74 Å². The van der Waals surface area contributed by atoms with Gasteiger partial charge in [0.2, 0.25) is 0 Å². The van der Waals surface area contributed by atoms with Crippen molar-refractivity contribution in [1.29, 1.82) is 0 Å². The fourth-order valence-corrected chi connectivity index (χ4v) is 3.59. The number of benzene rings is 1. The van der Waals surface area contributed by atoms with Crippen LogP contribution in [0.1, 0.15) is 49.3 Å². The monoisotopic (exact) mass is 273 g/mol. The predicted octanol–water partition coefficient (Wildman–Crippen LogP) is 3.27. The van der Waals surface area contributed by atoms with Crippen molar-refractivity contribution in [3.8, 4) is 0 Å². The summed E-state index contributed by atoms with van der Waals surface area (Å²) in [5.41, 5.74) is 4.64. The Morgan fingerprint density at radius 1 is 1.25 bits per heavy atom. The third-order valence-electron chi connectivity index (χ3n) is 4.69. The van der Waals surface area contributed by atoms with Crippen LogP contribution in [0.15, 0.2) is 18.2 Å². The molecule has 1 saturated heterocycles. The van der Waals surface area contributed by atoms with E-state index in [-0.39, 0.29) is 0 Å². The first-order valence-electron chi connectivity index (χ1n) is 8.32. The molecule has 0 bridgehead atoms. The van der Waals surface area contributed by atoms with Crippen molar-refractivity contribution in [2.75, 3.05) is 13.2 Å². The second kappa shape index (κ2) is 6.73. The fraction of sp³-hybridized carbons (Fsp3) is 0.667. The Kier molecular flexibility index (Phi) is 4.74. The SMILES string of the molecule is CCCNC(Cc1ccc2c(c1)CCC2)C1CCCO1. The lowest BCUT2D eigenvalue weighted by Crippen LogP contribution is -2.41. The molecule has 0 aromatic heterocycles. The third-order valence-corrected chi connectivity index (χ3v) is 4.69. The zero-order chi connectivity index (χ0) is 13.8. The van der Waals surface area contributed by atoms with E-state index in [1.165, 1.54) is 44.1 Å². The van der Waals surface area contributed by atoms with Crippen molar-refractivity contribution in [3.05, 3.63) is 34.9 Å². The standard InChI is InChI=1S/C18H27NO/c1-2-10-19-17(18-7-4-11-20-18)13-14-8-9-15-5-3-6-16(15)12-14/h8-9,12,17-19H,2-7,10-11,13H2,1H3. The van der Waals surface area contributed by atoms with Gasteiger partial charge in [-0.15, -0.1) is 0 Å². The third kappa shape index (κ3) is 3.24. The quantitative estimate of drug-likeness (QED) is 0.859. The van der Waals surface area contributed by atoms with E-state index in [0.717, 1.165) is 19.6 Å². The molecule has 0 spiro atoms. The normalized spacial score (nSPS) is 22.9. The van der Waals surface area contributed by atoms with Crippen molar-refractivity contribution in [3.63, 3.8) is 0 Å². The molecule has 2 heteroatoms. The minimum absolute atomic E-state index is 0.412. The van der Waals surface area contributed by atoms with Crippen molar-refractivity contribution in [1.82, 2.24) is 5.32 Å². The van der Waals surface area contributed by atoms with Crippen molar-refractivity contribution < 1.29 is 4.74 Å². The molecule has 110 valence electrons. The van der Waals surface area contributed by atoms with Gasteiger partial charge in [0.1, 0.15) is 0 Å². The fourth-order valence-electron chi connectivity index (χ4n) is 3.59. The Balaban J connectivity index is 1.68. The average Bonchev–Trinajstić information content (AvgIpc) is 3.13. The van der Waals surface area contributed by atoms with E-state index in [1.807, 2.05) is 0 Å². The summed E-state index contributed by atoms with van der Waals surface area (Å²) in [4.78, 5) is 0. The zero-order valence-corrected chi connectivity index (χ0v) is 12.7. The molecule has 2 nitrogen and oxygen atoms in total. The molecule has 2 unspecified atom stereocenters. The van der Waals surface area contributed by atoms with Gasteiger partial charge in [-0.2, -0.15) is 0 Å². The molecule has 0 amide bonds. The van der Waals surface area contributed by atoms with E-state index in [2.05, 4.69) is 30.4 Å². The van der Waals surface area contributed by atoms with Crippen LogP contribution in [0.2, 0.25) is 0 Å². The smallest absolute Gasteiger partial charge is 0.0732 e. The van der Waals surface area contributed by atoms with Gasteiger partial charge < -0.3 is 10.1 Å². The van der Waals surface area contributed by atoms with Crippen molar-refractivity contribution in [2.24, 2.45) is 0 Å². The Hall–Kier alpha value is -0.860. The molecule has 1 aromatic rings. The first kappa shape index (κ1) is 14.1. The largest absolute Gasteiger partial charge is 0.377 e. The molecule has 2 aliphatic rings. The van der Waals surface area contributed by atoms with Gasteiger partial charge in [-0.3, -0.25) is 0 Å². The highest BCUT2D eigenvalue weighted by Crippen LogP contribution is 2.25. The van der Waals surface area contributed by atoms with Gasteiger partial charge in [0.15, 0.2) is 0 Å². The molecule has 20 heavy (non-hydrogen) atoms. The Bertz CT molecular complexity index is 437. The number of aryl methyl sites for hydroxylation is 2. The predicted molar refractivity (Wildman–Crippen MR) is 83.2 cm³/mol. The summed E-state index contributed by atoms with van der Waals surface area (Å²) in [6.45, 7) is 4.27. The highest BCUT2D eigenvalue weighted by atomic mass is 16.5. The van der Waals surface area contributed by atoms with E-state index in [1.54, 1.807) is 11.1 Å². The lowest BCUT2D eigenvalue weighted by molar-refractivity contribution is 0.0784. The molecule has 1 heterocycles. The van der Waals surface area contributed by atoms with E-state index < -0.39 is 0 Å². The van der Waals surface area contributed by atoms with Gasteiger partial charge in [0.25, 0.3) is 0 Å². The number of rotatable bonds is 6. The van der Waals surface area contributed by atoms with Crippen LogP contribution in [-0.4, -0.2) is 25.3 Å². The number of fused-ring (bicyclic) bond motifs is 1. The molecule has 0 saturated carbocycles. The highest BCUT2D eigenvalue weighted by molar-refractivity contribution is 5.35. The summed E-state index contributed by atoms with van der Waals surface area (Å²) in [6, 6.07) is 7.61. The van der Waals surface area contributed by atoms with Gasteiger partial charge in [0, 0.05) is 12.6 Å². The number of ether oxygens (including phenoxy) is 1. The summed E-state index contributed by atoms with van der Waals surface area (Å²) in [5.74, 6) is 0. The van der Waals surface area contributed by atoms with Crippen LogP contribution in [-0.2, 0) is 24.0 Å². The molecular formula is C18H27NO.